The lowest BCUT2D eigenvalue weighted by Crippen LogP contribution is -2.50. The topological polar surface area (TPSA) is 58.6 Å². The standard InChI is InChI=1S/C21H24F2N2O3/c1-14(2)19(24-20(26)15-8-10-16(22)11-9-15)21(27)25(3)12-13-28-18-7-5-4-6-17(18)23/h4-11,14,19H,12-13H2,1-3H3,(H,24,26)/t19-/m0/s1. The number of likely N-dealkylation sites (N-methyl/N-ethyl adjacent to an activating group) is 1. The van der Waals surface area contributed by atoms with E-state index in [4.69, 9.17) is 4.74 Å². The van der Waals surface area contributed by atoms with Crippen LogP contribution in [-0.2, 0) is 4.79 Å². The van der Waals surface area contributed by atoms with Gasteiger partial charge in [0, 0.05) is 12.6 Å². The van der Waals surface area contributed by atoms with Gasteiger partial charge in [-0.2, -0.15) is 0 Å². The van der Waals surface area contributed by atoms with E-state index in [-0.39, 0.29) is 36.3 Å². The Hall–Kier alpha value is -2.96. The van der Waals surface area contributed by atoms with Crippen LogP contribution in [0.25, 0.3) is 0 Å². The number of carbonyl (C=O) groups is 2. The first-order valence-electron chi connectivity index (χ1n) is 8.98. The molecule has 0 fully saturated rings. The fourth-order valence-corrected chi connectivity index (χ4v) is 2.54. The number of hydrogen-bond acceptors (Lipinski definition) is 3. The number of para-hydroxylation sites is 1. The van der Waals surface area contributed by atoms with Crippen LogP contribution in [0.3, 0.4) is 0 Å². The van der Waals surface area contributed by atoms with Crippen molar-refractivity contribution in [1.82, 2.24) is 10.2 Å². The predicted molar refractivity (Wildman–Crippen MR) is 102 cm³/mol. The Morgan fingerprint density at radius 1 is 1.07 bits per heavy atom. The molecule has 150 valence electrons. The maximum Gasteiger partial charge on any atom is 0.251 e. The molecule has 2 rings (SSSR count). The number of nitrogens with zero attached hydrogens (tertiary/aromatic N) is 1. The fourth-order valence-electron chi connectivity index (χ4n) is 2.54. The van der Waals surface area contributed by atoms with Gasteiger partial charge in [0.2, 0.25) is 5.91 Å². The summed E-state index contributed by atoms with van der Waals surface area (Å²) in [7, 11) is 1.59. The van der Waals surface area contributed by atoms with Crippen LogP contribution in [0.5, 0.6) is 5.75 Å². The van der Waals surface area contributed by atoms with Gasteiger partial charge in [-0.3, -0.25) is 9.59 Å². The molecule has 7 heteroatoms. The third kappa shape index (κ3) is 5.77. The van der Waals surface area contributed by atoms with Crippen molar-refractivity contribution in [3.8, 4) is 5.75 Å². The highest BCUT2D eigenvalue weighted by Gasteiger charge is 2.27. The van der Waals surface area contributed by atoms with Crippen molar-refractivity contribution in [2.75, 3.05) is 20.2 Å². The number of halogens is 2. The number of nitrogens with one attached hydrogen (secondary N) is 1. The van der Waals surface area contributed by atoms with Crippen molar-refractivity contribution >= 4 is 11.8 Å². The molecule has 0 aliphatic heterocycles. The van der Waals surface area contributed by atoms with Crippen LogP contribution in [0.4, 0.5) is 8.78 Å². The predicted octanol–water partition coefficient (Wildman–Crippen LogP) is 3.26. The Morgan fingerprint density at radius 2 is 1.71 bits per heavy atom. The Kier molecular flexibility index (Phi) is 7.49. The summed E-state index contributed by atoms with van der Waals surface area (Å²) < 4.78 is 31.9. The van der Waals surface area contributed by atoms with Gasteiger partial charge < -0.3 is 15.0 Å². The second-order valence-electron chi connectivity index (χ2n) is 6.74. The molecule has 0 unspecified atom stereocenters. The van der Waals surface area contributed by atoms with Crippen molar-refractivity contribution < 1.29 is 23.1 Å². The van der Waals surface area contributed by atoms with Crippen molar-refractivity contribution in [3.63, 3.8) is 0 Å². The minimum Gasteiger partial charge on any atom is -0.489 e. The molecule has 1 atom stereocenters. The van der Waals surface area contributed by atoms with Crippen LogP contribution < -0.4 is 10.1 Å². The summed E-state index contributed by atoms with van der Waals surface area (Å²) in [5, 5.41) is 2.70. The summed E-state index contributed by atoms with van der Waals surface area (Å²) in [5.41, 5.74) is 0.269. The van der Waals surface area contributed by atoms with E-state index >= 15 is 0 Å². The minimum atomic E-state index is -0.754. The summed E-state index contributed by atoms with van der Waals surface area (Å²) in [4.78, 5) is 26.5. The van der Waals surface area contributed by atoms with Crippen LogP contribution in [0.1, 0.15) is 24.2 Å². The third-order valence-electron chi connectivity index (χ3n) is 4.22. The largest absolute Gasteiger partial charge is 0.489 e. The number of carbonyl (C=O) groups excluding carboxylic acids is 2. The van der Waals surface area contributed by atoms with Crippen molar-refractivity contribution in [3.05, 3.63) is 65.7 Å². The van der Waals surface area contributed by atoms with E-state index < -0.39 is 23.6 Å². The van der Waals surface area contributed by atoms with E-state index in [1.807, 2.05) is 13.8 Å². The van der Waals surface area contributed by atoms with Gasteiger partial charge in [-0.25, -0.2) is 8.78 Å². The first-order chi connectivity index (χ1) is 13.3. The van der Waals surface area contributed by atoms with E-state index in [0.29, 0.717) is 0 Å². The monoisotopic (exact) mass is 390 g/mol. The Bertz CT molecular complexity index is 810. The van der Waals surface area contributed by atoms with Crippen molar-refractivity contribution in [2.24, 2.45) is 5.92 Å². The molecule has 1 N–H and O–H groups in total. The molecule has 2 aromatic rings. The molecule has 2 amide bonds. The lowest BCUT2D eigenvalue weighted by Gasteiger charge is -2.27. The average Bonchev–Trinajstić information content (AvgIpc) is 2.67. The van der Waals surface area contributed by atoms with Gasteiger partial charge in [0.15, 0.2) is 11.6 Å². The lowest BCUT2D eigenvalue weighted by atomic mass is 10.0. The van der Waals surface area contributed by atoms with E-state index in [1.165, 1.54) is 41.3 Å². The summed E-state index contributed by atoms with van der Waals surface area (Å²) >= 11 is 0. The number of benzene rings is 2. The molecular weight excluding hydrogens is 366 g/mol. The van der Waals surface area contributed by atoms with Crippen LogP contribution in [0.2, 0.25) is 0 Å². The normalized spacial score (nSPS) is 11.8. The average molecular weight is 390 g/mol. The SMILES string of the molecule is CC(C)[C@H](NC(=O)c1ccc(F)cc1)C(=O)N(C)CCOc1ccccc1F. The summed E-state index contributed by atoms with van der Waals surface area (Å²) in [6.45, 7) is 3.97. The van der Waals surface area contributed by atoms with Crippen LogP contribution in [0.15, 0.2) is 48.5 Å². The number of amides is 2. The molecule has 0 aliphatic rings. The van der Waals surface area contributed by atoms with Crippen LogP contribution in [-0.4, -0.2) is 43.0 Å². The lowest BCUT2D eigenvalue weighted by molar-refractivity contribution is -0.133. The Labute approximate surface area is 163 Å². The van der Waals surface area contributed by atoms with E-state index in [2.05, 4.69) is 5.32 Å². The molecule has 0 aliphatic carbocycles. The number of ether oxygens (including phenoxy) is 1. The van der Waals surface area contributed by atoms with Gasteiger partial charge in [0.05, 0.1) is 6.54 Å². The molecular formula is C21H24F2N2O3. The maximum absolute atomic E-state index is 13.6. The highest BCUT2D eigenvalue weighted by molar-refractivity contribution is 5.97. The summed E-state index contributed by atoms with van der Waals surface area (Å²) in [5.74, 6) is -1.70. The molecule has 0 saturated carbocycles. The molecule has 0 radical (unpaired) electrons. The molecule has 28 heavy (non-hydrogen) atoms. The van der Waals surface area contributed by atoms with Gasteiger partial charge in [-0.1, -0.05) is 26.0 Å². The molecule has 5 nitrogen and oxygen atoms in total. The number of hydrogen-bond donors (Lipinski definition) is 1. The van der Waals surface area contributed by atoms with Crippen LogP contribution in [0, 0.1) is 17.6 Å². The number of rotatable bonds is 8. The Balaban J connectivity index is 1.94. The molecule has 2 aromatic carbocycles. The van der Waals surface area contributed by atoms with Gasteiger partial charge in [0.1, 0.15) is 18.5 Å². The highest BCUT2D eigenvalue weighted by Crippen LogP contribution is 2.15. The summed E-state index contributed by atoms with van der Waals surface area (Å²) in [6.07, 6.45) is 0. The molecule has 0 saturated heterocycles. The molecule has 0 spiro atoms. The van der Waals surface area contributed by atoms with Gasteiger partial charge >= 0.3 is 0 Å². The van der Waals surface area contributed by atoms with E-state index in [1.54, 1.807) is 19.2 Å². The van der Waals surface area contributed by atoms with Crippen molar-refractivity contribution in [2.45, 2.75) is 19.9 Å². The fraction of sp³-hybridized carbons (Fsp3) is 0.333. The molecule has 0 heterocycles. The highest BCUT2D eigenvalue weighted by atomic mass is 19.1. The first-order valence-corrected chi connectivity index (χ1v) is 8.98. The summed E-state index contributed by atoms with van der Waals surface area (Å²) in [6, 6.07) is 10.4. The van der Waals surface area contributed by atoms with Gasteiger partial charge in [-0.15, -0.1) is 0 Å². The zero-order chi connectivity index (χ0) is 20.7. The zero-order valence-corrected chi connectivity index (χ0v) is 16.1. The minimum absolute atomic E-state index is 0.111. The second-order valence-corrected chi connectivity index (χ2v) is 6.74. The van der Waals surface area contributed by atoms with Gasteiger partial charge in [-0.05, 0) is 42.3 Å². The van der Waals surface area contributed by atoms with E-state index in [0.717, 1.165) is 0 Å². The second kappa shape index (κ2) is 9.82. The van der Waals surface area contributed by atoms with Crippen molar-refractivity contribution in [1.29, 1.82) is 0 Å². The van der Waals surface area contributed by atoms with E-state index in [9.17, 15) is 18.4 Å². The quantitative estimate of drug-likeness (QED) is 0.753. The smallest absolute Gasteiger partial charge is 0.251 e. The maximum atomic E-state index is 13.6. The first kappa shape index (κ1) is 21.3. The molecule has 0 bridgehead atoms. The zero-order valence-electron chi connectivity index (χ0n) is 16.1. The van der Waals surface area contributed by atoms with Gasteiger partial charge in [0.25, 0.3) is 5.91 Å². The third-order valence-corrected chi connectivity index (χ3v) is 4.22. The molecule has 0 aromatic heterocycles. The van der Waals surface area contributed by atoms with Crippen LogP contribution >= 0.6 is 0 Å². The Morgan fingerprint density at radius 3 is 2.32 bits per heavy atom.